The number of esters is 3. The van der Waals surface area contributed by atoms with Gasteiger partial charge in [-0.3, -0.25) is 14.4 Å². The maximum Gasteiger partial charge on any atom is 0.306 e. The summed E-state index contributed by atoms with van der Waals surface area (Å²) < 4.78 is 16.9. The summed E-state index contributed by atoms with van der Waals surface area (Å²) in [6.07, 6.45) is 55.3. The second-order valence-electron chi connectivity index (χ2n) is 20.7. The third-order valence-electron chi connectivity index (χ3n) is 13.9. The molecule has 0 spiro atoms. The highest BCUT2D eigenvalue weighted by atomic mass is 16.6. The number of rotatable bonds is 55. The summed E-state index contributed by atoms with van der Waals surface area (Å²) >= 11 is 0. The highest BCUT2D eigenvalue weighted by Gasteiger charge is 2.20. The van der Waals surface area contributed by atoms with Crippen molar-refractivity contribution < 1.29 is 38.8 Å². The Balaban J connectivity index is 4.30. The fourth-order valence-corrected chi connectivity index (χ4v) is 9.13. The Morgan fingerprint density at radius 2 is 0.552 bits per heavy atom. The first kappa shape index (κ1) is 65.3. The minimum Gasteiger partial charge on any atom is -0.462 e. The lowest BCUT2D eigenvalue weighted by molar-refractivity contribution is -0.168. The van der Waals surface area contributed by atoms with Gasteiger partial charge in [-0.05, 0) is 32.1 Å². The zero-order valence-corrected chi connectivity index (χ0v) is 45.0. The molecule has 0 bridgehead atoms. The molecule has 1 atom stereocenters. The molecule has 398 valence electrons. The van der Waals surface area contributed by atoms with Gasteiger partial charge in [0.15, 0.2) is 11.9 Å². The quantitative estimate of drug-likeness (QED) is 0.0268. The number of hydrogen-bond donors (Lipinski definition) is 2. The molecule has 0 aliphatic carbocycles. The molecular weight excluding hydrogens is 837 g/mol. The Labute approximate surface area is 415 Å². The average molecular weight is 952 g/mol. The lowest BCUT2D eigenvalue weighted by Gasteiger charge is -2.19. The van der Waals surface area contributed by atoms with Gasteiger partial charge in [0, 0.05) is 25.7 Å². The number of carbonyl (C=O) groups is 3. The van der Waals surface area contributed by atoms with Gasteiger partial charge >= 0.3 is 17.9 Å². The molecule has 0 aliphatic rings. The summed E-state index contributed by atoms with van der Waals surface area (Å²) in [7, 11) is 0. The van der Waals surface area contributed by atoms with Gasteiger partial charge in [0.1, 0.15) is 13.2 Å². The summed E-state index contributed by atoms with van der Waals surface area (Å²) in [5.41, 5.74) is 0. The van der Waals surface area contributed by atoms with E-state index in [2.05, 4.69) is 13.8 Å². The van der Waals surface area contributed by atoms with Crippen LogP contribution in [-0.2, 0) is 28.6 Å². The summed E-state index contributed by atoms with van der Waals surface area (Å²) in [6, 6.07) is 0. The normalized spacial score (nSPS) is 12.1. The first-order chi connectivity index (χ1) is 32.7. The molecule has 67 heavy (non-hydrogen) atoms. The van der Waals surface area contributed by atoms with E-state index in [9.17, 15) is 24.6 Å². The van der Waals surface area contributed by atoms with E-state index in [1.165, 1.54) is 212 Å². The van der Waals surface area contributed by atoms with Crippen LogP contribution in [0.25, 0.3) is 0 Å². The SMILES string of the molecule is CCCCCCCCCCCCCCCCCC(=O)OCC(COC(=O)CCCCCCCCCCCCCCCCC(O)(O)CC)OC(=O)CCCCCCCCCCCCCCCCC. The minimum atomic E-state index is -1.48. The number of hydrogen-bond acceptors (Lipinski definition) is 8. The van der Waals surface area contributed by atoms with Crippen LogP contribution in [0.3, 0.4) is 0 Å². The third-order valence-corrected chi connectivity index (χ3v) is 13.9. The Morgan fingerprint density at radius 3 is 0.806 bits per heavy atom. The van der Waals surface area contributed by atoms with E-state index in [1.807, 2.05) is 6.92 Å². The van der Waals surface area contributed by atoms with Crippen molar-refractivity contribution in [1.29, 1.82) is 0 Å². The van der Waals surface area contributed by atoms with Crippen LogP contribution in [0.2, 0.25) is 0 Å². The Morgan fingerprint density at radius 1 is 0.328 bits per heavy atom. The second-order valence-corrected chi connectivity index (χ2v) is 20.7. The molecule has 0 rings (SSSR count). The van der Waals surface area contributed by atoms with E-state index in [1.54, 1.807) is 0 Å². The molecule has 0 aromatic heterocycles. The molecule has 0 amide bonds. The van der Waals surface area contributed by atoms with E-state index in [0.717, 1.165) is 70.6 Å². The van der Waals surface area contributed by atoms with Gasteiger partial charge in [0.05, 0.1) is 0 Å². The molecule has 0 aromatic carbocycles. The Kier molecular flexibility index (Phi) is 50.9. The highest BCUT2D eigenvalue weighted by Crippen LogP contribution is 2.19. The topological polar surface area (TPSA) is 119 Å². The minimum absolute atomic E-state index is 0.0774. The Hall–Kier alpha value is -1.67. The molecule has 0 aromatic rings. The van der Waals surface area contributed by atoms with Crippen molar-refractivity contribution >= 4 is 17.9 Å². The molecule has 0 fully saturated rings. The van der Waals surface area contributed by atoms with Crippen molar-refractivity contribution in [3.05, 3.63) is 0 Å². The van der Waals surface area contributed by atoms with Crippen LogP contribution in [0, 0.1) is 0 Å². The molecule has 8 nitrogen and oxygen atoms in total. The molecule has 0 saturated carbocycles. The van der Waals surface area contributed by atoms with Crippen LogP contribution < -0.4 is 0 Å². The first-order valence-corrected chi connectivity index (χ1v) is 29.7. The van der Waals surface area contributed by atoms with Crippen molar-refractivity contribution in [1.82, 2.24) is 0 Å². The number of unbranched alkanes of at least 4 members (excludes halogenated alkanes) is 41. The van der Waals surface area contributed by atoms with Gasteiger partial charge < -0.3 is 24.4 Å². The van der Waals surface area contributed by atoms with E-state index < -0.39 is 11.9 Å². The van der Waals surface area contributed by atoms with Crippen LogP contribution in [-0.4, -0.2) is 53.2 Å². The molecule has 0 aliphatic heterocycles. The van der Waals surface area contributed by atoms with Gasteiger partial charge in [0.2, 0.25) is 0 Å². The number of carbonyl (C=O) groups excluding carboxylic acids is 3. The highest BCUT2D eigenvalue weighted by molar-refractivity contribution is 5.71. The smallest absolute Gasteiger partial charge is 0.306 e. The van der Waals surface area contributed by atoms with E-state index in [4.69, 9.17) is 14.2 Å². The second kappa shape index (κ2) is 52.2. The lowest BCUT2D eigenvalue weighted by Crippen LogP contribution is -2.30. The first-order valence-electron chi connectivity index (χ1n) is 29.7. The fraction of sp³-hybridized carbons (Fsp3) is 0.949. The van der Waals surface area contributed by atoms with Crippen LogP contribution >= 0.6 is 0 Å². The van der Waals surface area contributed by atoms with Gasteiger partial charge in [-0.25, -0.2) is 0 Å². The average Bonchev–Trinajstić information content (AvgIpc) is 3.32. The van der Waals surface area contributed by atoms with Crippen LogP contribution in [0.4, 0.5) is 0 Å². The lowest BCUT2D eigenvalue weighted by atomic mass is 10.0. The Bertz CT molecular complexity index is 1050. The summed E-state index contributed by atoms with van der Waals surface area (Å²) in [6.45, 7) is 6.20. The molecule has 2 N–H and O–H groups in total. The van der Waals surface area contributed by atoms with E-state index in [0.29, 0.717) is 32.1 Å². The number of ether oxygens (including phenoxy) is 3. The molecule has 8 heteroatoms. The molecule has 0 radical (unpaired) electrons. The molecule has 1 unspecified atom stereocenters. The maximum absolute atomic E-state index is 12.9. The van der Waals surface area contributed by atoms with Crippen LogP contribution in [0.5, 0.6) is 0 Å². The van der Waals surface area contributed by atoms with E-state index in [-0.39, 0.29) is 31.1 Å². The predicted octanol–water partition coefficient (Wildman–Crippen LogP) is 17.8. The van der Waals surface area contributed by atoms with Crippen molar-refractivity contribution in [3.63, 3.8) is 0 Å². The summed E-state index contributed by atoms with van der Waals surface area (Å²) in [5, 5.41) is 19.4. The zero-order valence-electron chi connectivity index (χ0n) is 45.0. The summed E-state index contributed by atoms with van der Waals surface area (Å²) in [4.78, 5) is 38.2. The van der Waals surface area contributed by atoms with Crippen molar-refractivity contribution in [2.45, 2.75) is 347 Å². The number of aliphatic hydroxyl groups is 2. The third kappa shape index (κ3) is 52.0. The monoisotopic (exact) mass is 951 g/mol. The van der Waals surface area contributed by atoms with Crippen molar-refractivity contribution in [3.8, 4) is 0 Å². The van der Waals surface area contributed by atoms with Gasteiger partial charge in [-0.1, -0.05) is 278 Å². The summed E-state index contributed by atoms with van der Waals surface area (Å²) in [5.74, 6) is -2.36. The van der Waals surface area contributed by atoms with E-state index >= 15 is 0 Å². The van der Waals surface area contributed by atoms with Gasteiger partial charge in [-0.15, -0.1) is 0 Å². The van der Waals surface area contributed by atoms with Crippen molar-refractivity contribution in [2.75, 3.05) is 13.2 Å². The predicted molar refractivity (Wildman–Crippen MR) is 282 cm³/mol. The van der Waals surface area contributed by atoms with Crippen LogP contribution in [0.1, 0.15) is 335 Å². The zero-order chi connectivity index (χ0) is 49.0. The fourth-order valence-electron chi connectivity index (χ4n) is 9.13. The standard InChI is InChI=1S/C59H114O8/c1-4-7-9-11-13-15-17-19-21-25-29-33-37-41-45-49-56(60)65-53-55(67-58(62)51-47-43-39-35-31-27-22-20-18-16-14-12-10-8-5-2)54-66-57(61)50-46-42-38-34-30-26-23-24-28-32-36-40-44-48-52-59(63,64)6-3/h55,63-64H,4-54H2,1-3H3. The van der Waals surface area contributed by atoms with Gasteiger partial charge in [-0.2, -0.15) is 0 Å². The maximum atomic E-state index is 12.9. The van der Waals surface area contributed by atoms with Crippen molar-refractivity contribution in [2.24, 2.45) is 0 Å². The largest absolute Gasteiger partial charge is 0.462 e. The molecular formula is C59H114O8. The van der Waals surface area contributed by atoms with Crippen LogP contribution in [0.15, 0.2) is 0 Å². The molecule has 0 heterocycles. The van der Waals surface area contributed by atoms with Gasteiger partial charge in [0.25, 0.3) is 0 Å². The molecule has 0 saturated heterocycles.